The number of amides is 2. The molecule has 2 aliphatic rings. The van der Waals surface area contributed by atoms with Gasteiger partial charge in [-0.15, -0.1) is 22.0 Å². The predicted molar refractivity (Wildman–Crippen MR) is 111 cm³/mol. The number of carboxylic acids is 1. The molecule has 3 heterocycles. The van der Waals surface area contributed by atoms with E-state index in [-0.39, 0.29) is 18.0 Å². The van der Waals surface area contributed by atoms with E-state index in [0.717, 1.165) is 0 Å². The molecule has 0 bridgehead atoms. The molecule has 2 amide bonds. The molecule has 2 aliphatic heterocycles. The number of hydrogen-bond acceptors (Lipinski definition) is 9. The number of nitrogens with two attached hydrogens (primary N) is 1. The third-order valence-corrected chi connectivity index (χ3v) is 6.94. The first-order valence-corrected chi connectivity index (χ1v) is 10.7. The summed E-state index contributed by atoms with van der Waals surface area (Å²) in [7, 11) is 0. The van der Waals surface area contributed by atoms with Gasteiger partial charge in [0.2, 0.25) is 5.91 Å². The van der Waals surface area contributed by atoms with Gasteiger partial charge in [-0.05, 0) is 31.2 Å². The summed E-state index contributed by atoms with van der Waals surface area (Å²) in [5.41, 5.74) is 6.25. The van der Waals surface area contributed by atoms with Crippen molar-refractivity contribution in [2.24, 2.45) is 5.73 Å². The number of aliphatic carboxylic acids is 1. The number of benzene rings is 1. The molecule has 4 rings (SSSR count). The molecule has 1 aromatic carbocycles. The summed E-state index contributed by atoms with van der Waals surface area (Å²) >= 11 is 2.61. The number of aryl methyl sites for hydroxylation is 1. The lowest BCUT2D eigenvalue weighted by Gasteiger charge is -2.52. The van der Waals surface area contributed by atoms with Gasteiger partial charge in [0.1, 0.15) is 32.9 Å². The Hall–Kier alpha value is -2.96. The first-order valence-electron chi connectivity index (χ1n) is 8.86. The number of carboxylic acid groups (broad SMARTS) is 1. The Balaban J connectivity index is 1.72. The van der Waals surface area contributed by atoms with Crippen molar-refractivity contribution in [2.75, 3.05) is 17.2 Å². The molecule has 1 fully saturated rings. The normalized spacial score (nSPS) is 20.6. The van der Waals surface area contributed by atoms with Crippen molar-refractivity contribution in [3.63, 3.8) is 0 Å². The predicted octanol–water partition coefficient (Wildman–Crippen LogP) is 0.623. The van der Waals surface area contributed by atoms with Gasteiger partial charge in [-0.3, -0.25) is 19.4 Å². The standard InChI is InChI=1S/C18H17N5O5S2/c1-8-20-21-15(30-8)11-7-29-17-14(16(26)23(17)13(11)18(27)28)22(12(25)6-19)9-2-4-10(24)5-3-9/h2-5,14,17,24H,6-7,19H2,1H3,(H,27,28)/t14?,17-/m0/s1. The van der Waals surface area contributed by atoms with E-state index < -0.39 is 29.2 Å². The van der Waals surface area contributed by atoms with E-state index in [9.17, 15) is 24.6 Å². The summed E-state index contributed by atoms with van der Waals surface area (Å²) < 4.78 is 0. The molecule has 1 aromatic heterocycles. The van der Waals surface area contributed by atoms with Crippen LogP contribution in [0.4, 0.5) is 5.69 Å². The number of phenols is 1. The number of nitrogens with zero attached hydrogens (tertiary/aromatic N) is 4. The summed E-state index contributed by atoms with van der Waals surface area (Å²) in [5, 5.41) is 27.9. The molecule has 0 saturated carbocycles. The average molecular weight is 447 g/mol. The molecule has 0 aliphatic carbocycles. The van der Waals surface area contributed by atoms with Gasteiger partial charge in [0.25, 0.3) is 5.91 Å². The van der Waals surface area contributed by atoms with Crippen molar-refractivity contribution in [1.29, 1.82) is 0 Å². The van der Waals surface area contributed by atoms with Crippen molar-refractivity contribution in [3.05, 3.63) is 40.0 Å². The van der Waals surface area contributed by atoms with Gasteiger partial charge in [-0.1, -0.05) is 11.3 Å². The summed E-state index contributed by atoms with van der Waals surface area (Å²) in [6.07, 6.45) is 0. The lowest BCUT2D eigenvalue weighted by Crippen LogP contribution is -2.72. The molecule has 2 atom stereocenters. The van der Waals surface area contributed by atoms with Crippen LogP contribution in [-0.2, 0) is 14.4 Å². The number of hydrogen-bond donors (Lipinski definition) is 3. The number of thioether (sulfide) groups is 1. The maximum atomic E-state index is 13.1. The minimum absolute atomic E-state index is 0.0144. The Kier molecular flexibility index (Phi) is 5.22. The van der Waals surface area contributed by atoms with E-state index >= 15 is 0 Å². The maximum Gasteiger partial charge on any atom is 0.353 e. The Labute approximate surface area is 179 Å². The van der Waals surface area contributed by atoms with Crippen molar-refractivity contribution in [3.8, 4) is 5.75 Å². The molecule has 10 nitrogen and oxygen atoms in total. The fourth-order valence-electron chi connectivity index (χ4n) is 3.46. The molecule has 4 N–H and O–H groups in total. The lowest BCUT2D eigenvalue weighted by atomic mass is 10.00. The van der Waals surface area contributed by atoms with Crippen LogP contribution in [0.25, 0.3) is 5.57 Å². The number of anilines is 1. The molecule has 1 unspecified atom stereocenters. The molecule has 0 radical (unpaired) electrons. The summed E-state index contributed by atoms with van der Waals surface area (Å²) in [4.78, 5) is 40.2. The first kappa shape index (κ1) is 20.3. The van der Waals surface area contributed by atoms with Gasteiger partial charge in [-0.2, -0.15) is 0 Å². The molecule has 12 heteroatoms. The molecule has 156 valence electrons. The van der Waals surface area contributed by atoms with Crippen molar-refractivity contribution >= 4 is 52.1 Å². The second kappa shape index (κ2) is 7.70. The molecule has 0 spiro atoms. The second-order valence-electron chi connectivity index (χ2n) is 6.60. The highest BCUT2D eigenvalue weighted by Gasteiger charge is 2.57. The Morgan fingerprint density at radius 2 is 2.00 bits per heavy atom. The van der Waals surface area contributed by atoms with Crippen LogP contribution in [-0.4, -0.2) is 66.8 Å². The highest BCUT2D eigenvalue weighted by Crippen LogP contribution is 2.46. The summed E-state index contributed by atoms with van der Waals surface area (Å²) in [6, 6.07) is 4.92. The van der Waals surface area contributed by atoms with Crippen molar-refractivity contribution in [2.45, 2.75) is 18.3 Å². The summed E-state index contributed by atoms with van der Waals surface area (Å²) in [5.74, 6) is -1.91. The zero-order valence-corrected chi connectivity index (χ0v) is 17.3. The van der Waals surface area contributed by atoms with Gasteiger partial charge in [0.05, 0.1) is 6.54 Å². The van der Waals surface area contributed by atoms with E-state index in [1.807, 2.05) is 0 Å². The third-order valence-electron chi connectivity index (χ3n) is 4.78. The molecule has 1 saturated heterocycles. The van der Waals surface area contributed by atoms with Crippen LogP contribution in [0.1, 0.15) is 10.0 Å². The van der Waals surface area contributed by atoms with Crippen molar-refractivity contribution in [1.82, 2.24) is 15.1 Å². The fourth-order valence-corrected chi connectivity index (χ4v) is 5.67. The highest BCUT2D eigenvalue weighted by molar-refractivity contribution is 8.00. The fraction of sp³-hybridized carbons (Fsp3) is 0.278. The quantitative estimate of drug-likeness (QED) is 0.561. The molecular weight excluding hydrogens is 430 g/mol. The van der Waals surface area contributed by atoms with Crippen LogP contribution in [0.3, 0.4) is 0 Å². The first-order chi connectivity index (χ1) is 14.3. The van der Waals surface area contributed by atoms with Crippen molar-refractivity contribution < 1.29 is 24.6 Å². The largest absolute Gasteiger partial charge is 0.508 e. The van der Waals surface area contributed by atoms with Crippen LogP contribution in [0.5, 0.6) is 5.75 Å². The number of β-lactam (4-membered cyclic amide) rings is 1. The molecule has 30 heavy (non-hydrogen) atoms. The minimum Gasteiger partial charge on any atom is -0.508 e. The van der Waals surface area contributed by atoms with E-state index in [0.29, 0.717) is 27.0 Å². The highest BCUT2D eigenvalue weighted by atomic mass is 32.2. The number of fused-ring (bicyclic) bond motifs is 1. The Morgan fingerprint density at radius 1 is 1.30 bits per heavy atom. The Bertz CT molecular complexity index is 1070. The van der Waals surface area contributed by atoms with Gasteiger partial charge < -0.3 is 15.9 Å². The van der Waals surface area contributed by atoms with Crippen LogP contribution in [0, 0.1) is 6.92 Å². The smallest absolute Gasteiger partial charge is 0.353 e. The molecule has 2 aromatic rings. The third kappa shape index (κ3) is 3.22. The Morgan fingerprint density at radius 3 is 2.57 bits per heavy atom. The van der Waals surface area contributed by atoms with Crippen LogP contribution >= 0.6 is 23.1 Å². The topological polar surface area (TPSA) is 150 Å². The number of aromatic nitrogens is 2. The van der Waals surface area contributed by atoms with E-state index in [1.54, 1.807) is 6.92 Å². The average Bonchev–Trinajstić information content (AvgIpc) is 3.16. The number of carbonyl (C=O) groups excluding carboxylic acids is 2. The number of rotatable bonds is 5. The van der Waals surface area contributed by atoms with E-state index in [4.69, 9.17) is 5.73 Å². The molecular formula is C18H17N5O5S2. The van der Waals surface area contributed by atoms with Gasteiger partial charge in [0.15, 0.2) is 0 Å². The zero-order chi connectivity index (χ0) is 21.6. The monoisotopic (exact) mass is 447 g/mol. The zero-order valence-electron chi connectivity index (χ0n) is 15.7. The SMILES string of the molecule is Cc1nnc(C2=C(C(=O)O)N3C(=O)C(N(C(=O)CN)c4ccc(O)cc4)[C@@H]3SC2)s1. The van der Waals surface area contributed by atoms with E-state index in [1.165, 1.54) is 57.2 Å². The summed E-state index contributed by atoms with van der Waals surface area (Å²) in [6.45, 7) is 1.44. The number of phenolic OH excluding ortho intramolecular Hbond substituents is 1. The lowest BCUT2D eigenvalue weighted by molar-refractivity contribution is -0.148. The van der Waals surface area contributed by atoms with Gasteiger partial charge in [0, 0.05) is 17.0 Å². The van der Waals surface area contributed by atoms with Crippen LogP contribution in [0.15, 0.2) is 30.0 Å². The second-order valence-corrected chi connectivity index (χ2v) is 8.88. The van der Waals surface area contributed by atoms with Gasteiger partial charge in [-0.25, -0.2) is 4.79 Å². The van der Waals surface area contributed by atoms with Gasteiger partial charge >= 0.3 is 5.97 Å². The maximum absolute atomic E-state index is 13.1. The van der Waals surface area contributed by atoms with Crippen LogP contribution < -0.4 is 10.6 Å². The number of aromatic hydroxyl groups is 1. The van der Waals surface area contributed by atoms with E-state index in [2.05, 4.69) is 10.2 Å². The minimum atomic E-state index is -1.24. The van der Waals surface area contributed by atoms with Crippen LogP contribution in [0.2, 0.25) is 0 Å². The number of carbonyl (C=O) groups is 3.